The summed E-state index contributed by atoms with van der Waals surface area (Å²) in [6.07, 6.45) is 2.62. The first-order valence-corrected chi connectivity index (χ1v) is 13.4. The average molecular weight is 511 g/mol. The number of carbonyl (C=O) groups is 1. The first-order valence-electron chi connectivity index (χ1n) is 12.6. The molecule has 0 fully saturated rings. The summed E-state index contributed by atoms with van der Waals surface area (Å²) in [4.78, 5) is 21.3. The van der Waals surface area contributed by atoms with E-state index >= 15 is 0 Å². The highest BCUT2D eigenvalue weighted by Crippen LogP contribution is 2.39. The Bertz CT molecular complexity index is 1350. The van der Waals surface area contributed by atoms with E-state index in [0.29, 0.717) is 18.8 Å². The van der Waals surface area contributed by atoms with Crippen LogP contribution in [0.2, 0.25) is 0 Å². The van der Waals surface area contributed by atoms with Crippen LogP contribution in [0, 0.1) is 0 Å². The minimum Gasteiger partial charge on any atom is -0.489 e. The number of hydrogen-bond acceptors (Lipinski definition) is 6. The van der Waals surface area contributed by atoms with Gasteiger partial charge in [-0.05, 0) is 59.9 Å². The number of aliphatic imine (C=N–C) groups is 1. The van der Waals surface area contributed by atoms with Crippen molar-refractivity contribution in [1.82, 2.24) is 4.90 Å². The van der Waals surface area contributed by atoms with E-state index in [4.69, 9.17) is 14.5 Å². The van der Waals surface area contributed by atoms with Gasteiger partial charge in [-0.2, -0.15) is 0 Å². The SMILES string of the molecule is CCOC(=O)c1c(N=Cc2ccc(OCc3ccccc3)cc2)sc2c1CCN(Cc1ccccc1)C2. The average Bonchev–Trinajstić information content (AvgIpc) is 3.30. The Hall–Kier alpha value is -3.74. The predicted octanol–water partition coefficient (Wildman–Crippen LogP) is 6.81. The lowest BCUT2D eigenvalue weighted by Gasteiger charge is -2.27. The zero-order chi connectivity index (χ0) is 25.5. The Morgan fingerprint density at radius 3 is 2.38 bits per heavy atom. The molecule has 0 N–H and O–H groups in total. The van der Waals surface area contributed by atoms with E-state index in [2.05, 4.69) is 29.2 Å². The Kier molecular flexibility index (Phi) is 8.08. The molecule has 4 aromatic rings. The fourth-order valence-corrected chi connectivity index (χ4v) is 5.67. The topological polar surface area (TPSA) is 51.1 Å². The van der Waals surface area contributed by atoms with E-state index in [9.17, 15) is 4.79 Å². The maximum atomic E-state index is 12.9. The maximum Gasteiger partial charge on any atom is 0.341 e. The lowest BCUT2D eigenvalue weighted by atomic mass is 10.0. The summed E-state index contributed by atoms with van der Waals surface area (Å²) in [5, 5.41) is 0.717. The van der Waals surface area contributed by atoms with Gasteiger partial charge in [-0.25, -0.2) is 9.79 Å². The van der Waals surface area contributed by atoms with Crippen molar-refractivity contribution in [1.29, 1.82) is 0 Å². The van der Waals surface area contributed by atoms with Crippen LogP contribution in [0.15, 0.2) is 89.9 Å². The van der Waals surface area contributed by atoms with E-state index in [1.54, 1.807) is 11.3 Å². The molecule has 5 nitrogen and oxygen atoms in total. The van der Waals surface area contributed by atoms with Gasteiger partial charge < -0.3 is 9.47 Å². The van der Waals surface area contributed by atoms with Gasteiger partial charge in [0.1, 0.15) is 17.4 Å². The molecule has 188 valence electrons. The number of rotatable bonds is 9. The summed E-state index contributed by atoms with van der Waals surface area (Å²) in [7, 11) is 0. The van der Waals surface area contributed by atoms with E-state index < -0.39 is 0 Å². The zero-order valence-electron chi connectivity index (χ0n) is 20.9. The summed E-state index contributed by atoms with van der Waals surface area (Å²) >= 11 is 1.59. The number of esters is 1. The van der Waals surface area contributed by atoms with Crippen LogP contribution in [-0.4, -0.2) is 30.2 Å². The fraction of sp³-hybridized carbons (Fsp3) is 0.226. The van der Waals surface area contributed by atoms with Crippen molar-refractivity contribution < 1.29 is 14.3 Å². The lowest BCUT2D eigenvalue weighted by molar-refractivity contribution is 0.0526. The highest BCUT2D eigenvalue weighted by Gasteiger charge is 2.28. The van der Waals surface area contributed by atoms with Gasteiger partial charge in [-0.15, -0.1) is 11.3 Å². The predicted molar refractivity (Wildman–Crippen MR) is 149 cm³/mol. The van der Waals surface area contributed by atoms with Crippen molar-refractivity contribution in [2.45, 2.75) is 33.0 Å². The normalized spacial score (nSPS) is 13.4. The van der Waals surface area contributed by atoms with Crippen molar-refractivity contribution in [2.24, 2.45) is 4.99 Å². The fourth-order valence-electron chi connectivity index (χ4n) is 4.45. The molecule has 0 saturated carbocycles. The van der Waals surface area contributed by atoms with Crippen molar-refractivity contribution in [3.05, 3.63) is 118 Å². The third kappa shape index (κ3) is 6.34. The van der Waals surface area contributed by atoms with Crippen molar-refractivity contribution >= 4 is 28.5 Å². The molecular weight excluding hydrogens is 480 g/mol. The molecule has 0 radical (unpaired) electrons. The van der Waals surface area contributed by atoms with Crippen LogP contribution in [0.4, 0.5) is 5.00 Å². The number of hydrogen-bond donors (Lipinski definition) is 0. The van der Waals surface area contributed by atoms with E-state index in [1.165, 1.54) is 10.4 Å². The molecule has 2 heterocycles. The van der Waals surface area contributed by atoms with E-state index in [-0.39, 0.29) is 5.97 Å². The van der Waals surface area contributed by atoms with Gasteiger partial charge in [-0.3, -0.25) is 4.90 Å². The second kappa shape index (κ2) is 12.0. The van der Waals surface area contributed by atoms with Gasteiger partial charge in [0.25, 0.3) is 0 Å². The van der Waals surface area contributed by atoms with Crippen LogP contribution in [0.5, 0.6) is 5.75 Å². The number of fused-ring (bicyclic) bond motifs is 1. The van der Waals surface area contributed by atoms with Gasteiger partial charge in [0, 0.05) is 30.7 Å². The third-order valence-electron chi connectivity index (χ3n) is 6.31. The van der Waals surface area contributed by atoms with Crippen LogP contribution in [0.3, 0.4) is 0 Å². The smallest absolute Gasteiger partial charge is 0.341 e. The summed E-state index contributed by atoms with van der Waals surface area (Å²) in [6, 6.07) is 28.4. The number of thiophene rings is 1. The standard InChI is InChI=1S/C31H30N2O3S/c1-2-35-31(34)29-27-17-18-33(20-24-9-5-3-6-10-24)21-28(27)37-30(29)32-19-23-13-15-26(16-14-23)36-22-25-11-7-4-8-12-25/h3-16,19H,2,17-18,20-22H2,1H3. The second-order valence-corrected chi connectivity index (χ2v) is 10.0. The Morgan fingerprint density at radius 1 is 0.973 bits per heavy atom. The number of ether oxygens (including phenoxy) is 2. The molecule has 6 heteroatoms. The van der Waals surface area contributed by atoms with Crippen LogP contribution in [0.25, 0.3) is 0 Å². The zero-order valence-corrected chi connectivity index (χ0v) is 21.7. The van der Waals surface area contributed by atoms with Gasteiger partial charge in [0.15, 0.2) is 0 Å². The van der Waals surface area contributed by atoms with Gasteiger partial charge >= 0.3 is 5.97 Å². The highest BCUT2D eigenvalue weighted by molar-refractivity contribution is 7.16. The van der Waals surface area contributed by atoms with Crippen LogP contribution in [-0.2, 0) is 30.9 Å². The maximum absolute atomic E-state index is 12.9. The molecule has 0 saturated heterocycles. The number of carbonyl (C=O) groups excluding carboxylic acids is 1. The number of nitrogens with zero attached hydrogens (tertiary/aromatic N) is 2. The quantitative estimate of drug-likeness (QED) is 0.183. The van der Waals surface area contributed by atoms with E-state index in [0.717, 1.165) is 53.5 Å². The molecule has 0 aliphatic carbocycles. The Labute approximate surface area is 222 Å². The molecule has 5 rings (SSSR count). The van der Waals surface area contributed by atoms with Crippen molar-refractivity contribution in [3.63, 3.8) is 0 Å². The summed E-state index contributed by atoms with van der Waals surface area (Å²) in [5.41, 5.74) is 5.08. The molecule has 37 heavy (non-hydrogen) atoms. The van der Waals surface area contributed by atoms with Crippen LogP contribution in [0.1, 0.15) is 44.4 Å². The van der Waals surface area contributed by atoms with Crippen molar-refractivity contribution in [2.75, 3.05) is 13.2 Å². The monoisotopic (exact) mass is 510 g/mol. The Balaban J connectivity index is 1.31. The molecule has 0 unspecified atom stereocenters. The molecular formula is C31H30N2O3S. The summed E-state index contributed by atoms with van der Waals surface area (Å²) in [5.74, 6) is 0.520. The second-order valence-electron chi connectivity index (χ2n) is 8.95. The Morgan fingerprint density at radius 2 is 1.68 bits per heavy atom. The minimum atomic E-state index is -0.284. The van der Waals surface area contributed by atoms with Crippen LogP contribution < -0.4 is 4.74 Å². The first kappa shape index (κ1) is 24.9. The molecule has 0 atom stereocenters. The minimum absolute atomic E-state index is 0.284. The third-order valence-corrected chi connectivity index (χ3v) is 7.43. The van der Waals surface area contributed by atoms with Crippen molar-refractivity contribution in [3.8, 4) is 5.75 Å². The first-order chi connectivity index (χ1) is 18.2. The molecule has 1 aliphatic heterocycles. The van der Waals surface area contributed by atoms with Gasteiger partial charge in [0.2, 0.25) is 0 Å². The van der Waals surface area contributed by atoms with Gasteiger partial charge in [0.05, 0.1) is 12.2 Å². The van der Waals surface area contributed by atoms with Crippen LogP contribution >= 0.6 is 11.3 Å². The summed E-state index contributed by atoms with van der Waals surface area (Å²) < 4.78 is 11.3. The van der Waals surface area contributed by atoms with Gasteiger partial charge in [-0.1, -0.05) is 60.7 Å². The molecule has 0 spiro atoms. The highest BCUT2D eigenvalue weighted by atomic mass is 32.1. The molecule has 1 aliphatic rings. The van der Waals surface area contributed by atoms with E-state index in [1.807, 2.05) is 73.8 Å². The summed E-state index contributed by atoms with van der Waals surface area (Å²) in [6.45, 7) is 5.31. The molecule has 0 amide bonds. The molecule has 1 aromatic heterocycles. The molecule has 3 aromatic carbocycles. The lowest BCUT2D eigenvalue weighted by Crippen LogP contribution is -2.29. The number of benzene rings is 3. The largest absolute Gasteiger partial charge is 0.489 e. The molecule has 0 bridgehead atoms.